The van der Waals surface area contributed by atoms with E-state index < -0.39 is 23.0 Å². The molecular formula is C28H32F2N2O5S2. The minimum atomic E-state index is -0.834. The van der Waals surface area contributed by atoms with Gasteiger partial charge in [-0.1, -0.05) is 75.4 Å². The molecular weight excluding hydrogens is 546 g/mol. The summed E-state index contributed by atoms with van der Waals surface area (Å²) in [6.45, 7) is 9.73. The standard InChI is InChI=1S/C24H18F2N2O5S.2C2H6.H2S/c1-2-31-24(30)22-21(32-12-14-6-4-3-5-7-14)20(29)17(13-33-22)23-28-27-19(34-23)10-15-8-9-16(25)11-18(15)26;2*1-2;/h3-9,11,13H,2,10,12H2,1H3;2*1-2H3;1H2. The van der Waals surface area contributed by atoms with Gasteiger partial charge in [0.2, 0.25) is 11.2 Å². The van der Waals surface area contributed by atoms with Gasteiger partial charge in [0, 0.05) is 12.5 Å². The van der Waals surface area contributed by atoms with E-state index in [1.165, 1.54) is 6.07 Å². The maximum Gasteiger partial charge on any atom is 0.378 e. The monoisotopic (exact) mass is 578 g/mol. The van der Waals surface area contributed by atoms with Crippen LogP contribution in [-0.4, -0.2) is 22.8 Å². The van der Waals surface area contributed by atoms with Crippen molar-refractivity contribution in [1.29, 1.82) is 0 Å². The number of hydrogen-bond acceptors (Lipinski definition) is 8. The predicted octanol–water partition coefficient (Wildman–Crippen LogP) is 6.95. The van der Waals surface area contributed by atoms with Crippen LogP contribution < -0.4 is 10.2 Å². The number of benzene rings is 2. The highest BCUT2D eigenvalue weighted by molar-refractivity contribution is 7.59. The molecule has 0 aliphatic rings. The highest BCUT2D eigenvalue weighted by atomic mass is 32.1. The maximum absolute atomic E-state index is 14.0. The molecule has 4 rings (SSSR count). The third-order valence-corrected chi connectivity index (χ3v) is 5.65. The Labute approximate surface area is 237 Å². The van der Waals surface area contributed by atoms with Gasteiger partial charge in [-0.05, 0) is 24.1 Å². The van der Waals surface area contributed by atoms with Crippen LogP contribution in [0.5, 0.6) is 5.75 Å². The molecule has 210 valence electrons. The number of esters is 1. The van der Waals surface area contributed by atoms with Crippen molar-refractivity contribution in [1.82, 2.24) is 10.2 Å². The summed E-state index contributed by atoms with van der Waals surface area (Å²) < 4.78 is 43.2. The van der Waals surface area contributed by atoms with Gasteiger partial charge in [-0.2, -0.15) is 13.5 Å². The molecule has 7 nitrogen and oxygen atoms in total. The second-order valence-corrected chi connectivity index (χ2v) is 8.11. The number of carbonyl (C=O) groups is 1. The molecule has 2 aromatic carbocycles. The van der Waals surface area contributed by atoms with E-state index in [0.29, 0.717) is 5.01 Å². The Morgan fingerprint density at radius 2 is 1.72 bits per heavy atom. The zero-order valence-electron chi connectivity index (χ0n) is 22.4. The molecule has 4 aromatic rings. The molecule has 0 saturated heterocycles. The topological polar surface area (TPSA) is 91.5 Å². The average Bonchev–Trinajstić information content (AvgIpc) is 3.40. The maximum atomic E-state index is 14.0. The Balaban J connectivity index is 0.00000145. The third kappa shape index (κ3) is 9.00. The van der Waals surface area contributed by atoms with E-state index in [9.17, 15) is 18.4 Å². The van der Waals surface area contributed by atoms with Gasteiger partial charge in [0.1, 0.15) is 29.5 Å². The molecule has 2 heterocycles. The number of aromatic nitrogens is 2. The second kappa shape index (κ2) is 17.1. The summed E-state index contributed by atoms with van der Waals surface area (Å²) in [7, 11) is 0. The summed E-state index contributed by atoms with van der Waals surface area (Å²) in [5.41, 5.74) is 0.419. The lowest BCUT2D eigenvalue weighted by Gasteiger charge is -2.10. The van der Waals surface area contributed by atoms with Crippen LogP contribution in [0, 0.1) is 11.6 Å². The van der Waals surface area contributed by atoms with Crippen LogP contribution in [0.4, 0.5) is 8.78 Å². The first-order valence-electron chi connectivity index (χ1n) is 12.2. The number of nitrogens with zero attached hydrogens (tertiary/aromatic N) is 2. The molecule has 0 aliphatic heterocycles. The molecule has 0 N–H and O–H groups in total. The van der Waals surface area contributed by atoms with Gasteiger partial charge in [-0.15, -0.1) is 10.2 Å². The quantitative estimate of drug-likeness (QED) is 0.209. The molecule has 0 radical (unpaired) electrons. The van der Waals surface area contributed by atoms with Crippen molar-refractivity contribution in [3.63, 3.8) is 0 Å². The Kier molecular flexibility index (Phi) is 14.7. The molecule has 0 unspecified atom stereocenters. The van der Waals surface area contributed by atoms with E-state index in [2.05, 4.69) is 10.2 Å². The number of hydrogen-bond donors (Lipinski definition) is 0. The van der Waals surface area contributed by atoms with Crippen molar-refractivity contribution < 1.29 is 27.5 Å². The van der Waals surface area contributed by atoms with Crippen LogP contribution in [0.2, 0.25) is 0 Å². The van der Waals surface area contributed by atoms with Crippen molar-refractivity contribution in [2.24, 2.45) is 0 Å². The smallest absolute Gasteiger partial charge is 0.378 e. The summed E-state index contributed by atoms with van der Waals surface area (Å²) in [5.74, 6) is -2.88. The van der Waals surface area contributed by atoms with Gasteiger partial charge in [0.25, 0.3) is 5.76 Å². The van der Waals surface area contributed by atoms with Gasteiger partial charge < -0.3 is 13.9 Å². The molecule has 39 heavy (non-hydrogen) atoms. The molecule has 0 fully saturated rings. The zero-order valence-corrected chi connectivity index (χ0v) is 24.2. The van der Waals surface area contributed by atoms with Crippen LogP contribution in [0.25, 0.3) is 10.6 Å². The van der Waals surface area contributed by atoms with E-state index >= 15 is 0 Å². The number of ether oxygens (including phenoxy) is 2. The SMILES string of the molecule is CC.CC.CCOC(=O)c1occ(-c2nnc(Cc3ccc(F)cc3F)s2)c(=O)c1OCc1ccccc1.S. The molecule has 2 aromatic heterocycles. The van der Waals surface area contributed by atoms with E-state index in [1.807, 2.05) is 45.9 Å². The van der Waals surface area contributed by atoms with E-state index in [0.717, 1.165) is 35.3 Å². The minimum absolute atomic E-state index is 0. The number of halogens is 2. The van der Waals surface area contributed by atoms with Crippen molar-refractivity contribution in [3.05, 3.63) is 98.5 Å². The van der Waals surface area contributed by atoms with Gasteiger partial charge in [0.15, 0.2) is 5.01 Å². The van der Waals surface area contributed by atoms with Gasteiger partial charge >= 0.3 is 5.97 Å². The lowest BCUT2D eigenvalue weighted by atomic mass is 10.1. The fourth-order valence-corrected chi connectivity index (χ4v) is 3.92. The van der Waals surface area contributed by atoms with Crippen LogP contribution >= 0.6 is 24.8 Å². The highest BCUT2D eigenvalue weighted by Gasteiger charge is 2.25. The summed E-state index contributed by atoms with van der Waals surface area (Å²) in [5, 5.41) is 8.60. The summed E-state index contributed by atoms with van der Waals surface area (Å²) >= 11 is 1.04. The molecule has 0 aliphatic carbocycles. The average molecular weight is 579 g/mol. The van der Waals surface area contributed by atoms with E-state index in [4.69, 9.17) is 13.9 Å². The van der Waals surface area contributed by atoms with Crippen molar-refractivity contribution in [2.45, 2.75) is 47.6 Å². The van der Waals surface area contributed by atoms with Crippen molar-refractivity contribution in [2.75, 3.05) is 6.61 Å². The fraction of sp³-hybridized carbons (Fsp3) is 0.286. The predicted molar refractivity (Wildman–Crippen MR) is 153 cm³/mol. The lowest BCUT2D eigenvalue weighted by Crippen LogP contribution is -2.17. The largest absolute Gasteiger partial charge is 0.481 e. The fourth-order valence-electron chi connectivity index (χ4n) is 3.06. The first kappa shape index (κ1) is 33.5. The van der Waals surface area contributed by atoms with Crippen LogP contribution in [0.1, 0.15) is 61.3 Å². The third-order valence-electron chi connectivity index (χ3n) is 4.69. The van der Waals surface area contributed by atoms with Crippen molar-refractivity contribution >= 4 is 30.8 Å². The van der Waals surface area contributed by atoms with Crippen LogP contribution in [-0.2, 0) is 17.8 Å². The Bertz CT molecular complexity index is 1380. The molecule has 0 saturated carbocycles. The molecule has 0 bridgehead atoms. The summed E-state index contributed by atoms with van der Waals surface area (Å²) in [4.78, 5) is 25.5. The second-order valence-electron chi connectivity index (χ2n) is 7.04. The molecule has 0 amide bonds. The van der Waals surface area contributed by atoms with Gasteiger partial charge in [-0.25, -0.2) is 13.6 Å². The first-order chi connectivity index (χ1) is 18.5. The van der Waals surface area contributed by atoms with Gasteiger partial charge in [-0.3, -0.25) is 4.79 Å². The zero-order chi connectivity index (χ0) is 28.1. The minimum Gasteiger partial charge on any atom is -0.481 e. The molecule has 0 spiro atoms. The lowest BCUT2D eigenvalue weighted by molar-refractivity contribution is 0.0478. The van der Waals surface area contributed by atoms with Crippen LogP contribution in [0.3, 0.4) is 0 Å². The van der Waals surface area contributed by atoms with E-state index in [-0.39, 0.29) is 60.8 Å². The normalized spacial score (nSPS) is 9.72. The molecule has 11 heteroatoms. The summed E-state index contributed by atoms with van der Waals surface area (Å²) in [6, 6.07) is 12.3. The number of carbonyl (C=O) groups excluding carboxylic acids is 1. The Morgan fingerprint density at radius 3 is 2.36 bits per heavy atom. The van der Waals surface area contributed by atoms with Crippen LogP contribution in [0.15, 0.2) is 64.0 Å². The van der Waals surface area contributed by atoms with Gasteiger partial charge in [0.05, 0.1) is 12.2 Å². The molecule has 0 atom stereocenters. The number of rotatable bonds is 8. The van der Waals surface area contributed by atoms with E-state index in [1.54, 1.807) is 19.1 Å². The highest BCUT2D eigenvalue weighted by Crippen LogP contribution is 2.27. The Morgan fingerprint density at radius 1 is 1.03 bits per heavy atom. The first-order valence-corrected chi connectivity index (χ1v) is 13.0. The summed E-state index contributed by atoms with van der Waals surface area (Å²) in [6.07, 6.45) is 1.15. The van der Waals surface area contributed by atoms with Crippen molar-refractivity contribution in [3.8, 4) is 16.3 Å². The Hall–Kier alpha value is -3.57.